The molecule has 0 unspecified atom stereocenters. The molecule has 0 aliphatic heterocycles. The number of hydrogen-bond acceptors (Lipinski definition) is 5. The zero-order chi connectivity index (χ0) is 15.4. The largest absolute Gasteiger partial charge is 0.478 e. The number of rotatable bonds is 5. The van der Waals surface area contributed by atoms with Gasteiger partial charge in [0.1, 0.15) is 6.29 Å². The summed E-state index contributed by atoms with van der Waals surface area (Å²) in [6, 6.07) is 10.3. The molecule has 0 aliphatic rings. The van der Waals surface area contributed by atoms with E-state index in [9.17, 15) is 19.7 Å². The number of aldehydes is 1. The number of hydrogen-bond donors (Lipinski definition) is 1. The predicted molar refractivity (Wildman–Crippen MR) is 76.0 cm³/mol. The fraction of sp³-hybridized carbons (Fsp3) is 0. The topological polar surface area (TPSA) is 97.5 Å². The Morgan fingerprint density at radius 2 is 1.90 bits per heavy atom. The Labute approximate surface area is 123 Å². The maximum absolute atomic E-state index is 11.1. The van der Waals surface area contributed by atoms with Gasteiger partial charge in [0.25, 0.3) is 5.69 Å². The highest BCUT2D eigenvalue weighted by Crippen LogP contribution is 2.36. The summed E-state index contributed by atoms with van der Waals surface area (Å²) in [4.78, 5) is 33.0. The van der Waals surface area contributed by atoms with Gasteiger partial charge in [-0.15, -0.1) is 0 Å². The zero-order valence-corrected chi connectivity index (χ0v) is 11.4. The van der Waals surface area contributed by atoms with Crippen LogP contribution < -0.4 is 0 Å². The van der Waals surface area contributed by atoms with Crippen molar-refractivity contribution in [2.45, 2.75) is 9.79 Å². The smallest absolute Gasteiger partial charge is 0.336 e. The first kappa shape index (κ1) is 14.7. The molecule has 0 bridgehead atoms. The summed E-state index contributed by atoms with van der Waals surface area (Å²) in [7, 11) is 0. The number of carbonyl (C=O) groups is 2. The van der Waals surface area contributed by atoms with E-state index >= 15 is 0 Å². The van der Waals surface area contributed by atoms with E-state index in [-0.39, 0.29) is 21.7 Å². The highest BCUT2D eigenvalue weighted by Gasteiger charge is 2.18. The molecule has 106 valence electrons. The first-order chi connectivity index (χ1) is 10.0. The van der Waals surface area contributed by atoms with Gasteiger partial charge in [0.15, 0.2) is 0 Å². The van der Waals surface area contributed by atoms with Crippen molar-refractivity contribution in [1.29, 1.82) is 0 Å². The minimum atomic E-state index is -1.11. The number of nitro groups is 1. The van der Waals surface area contributed by atoms with E-state index in [1.54, 1.807) is 18.2 Å². The van der Waals surface area contributed by atoms with Crippen molar-refractivity contribution in [3.05, 3.63) is 63.7 Å². The van der Waals surface area contributed by atoms with Crippen LogP contribution in [0.25, 0.3) is 0 Å². The van der Waals surface area contributed by atoms with Gasteiger partial charge < -0.3 is 5.11 Å². The molecule has 0 radical (unpaired) electrons. The SMILES string of the molecule is O=Cc1ccc(Sc2ccccc2C(=O)O)c([N+](=O)[O-])c1. The molecule has 7 heteroatoms. The van der Waals surface area contributed by atoms with E-state index in [4.69, 9.17) is 5.11 Å². The summed E-state index contributed by atoms with van der Waals surface area (Å²) in [5, 5.41) is 20.2. The quantitative estimate of drug-likeness (QED) is 0.517. The van der Waals surface area contributed by atoms with Gasteiger partial charge in [-0.05, 0) is 18.2 Å². The minimum absolute atomic E-state index is 0.0660. The summed E-state index contributed by atoms with van der Waals surface area (Å²) in [6.07, 6.45) is 0.520. The molecule has 0 atom stereocenters. The van der Waals surface area contributed by atoms with Crippen LogP contribution >= 0.6 is 11.8 Å². The van der Waals surface area contributed by atoms with E-state index in [1.807, 2.05) is 0 Å². The number of benzene rings is 2. The van der Waals surface area contributed by atoms with Crippen LogP contribution in [-0.2, 0) is 0 Å². The number of aromatic carboxylic acids is 1. The highest BCUT2D eigenvalue weighted by molar-refractivity contribution is 7.99. The maximum Gasteiger partial charge on any atom is 0.336 e. The molecule has 2 aromatic carbocycles. The molecule has 0 aromatic heterocycles. The summed E-state index contributed by atoms with van der Waals surface area (Å²) < 4.78 is 0. The van der Waals surface area contributed by atoms with Gasteiger partial charge in [-0.3, -0.25) is 14.9 Å². The van der Waals surface area contributed by atoms with Gasteiger partial charge >= 0.3 is 5.97 Å². The lowest BCUT2D eigenvalue weighted by molar-refractivity contribution is -0.387. The van der Waals surface area contributed by atoms with Crippen molar-refractivity contribution in [3.63, 3.8) is 0 Å². The molecule has 0 heterocycles. The van der Waals surface area contributed by atoms with Gasteiger partial charge in [-0.25, -0.2) is 4.79 Å². The third kappa shape index (κ3) is 3.26. The molecule has 0 fully saturated rings. The van der Waals surface area contributed by atoms with E-state index < -0.39 is 10.9 Å². The Bertz CT molecular complexity index is 729. The van der Waals surface area contributed by atoms with Crippen molar-refractivity contribution >= 4 is 29.7 Å². The van der Waals surface area contributed by atoms with Crippen molar-refractivity contribution in [2.75, 3.05) is 0 Å². The lowest BCUT2D eigenvalue weighted by atomic mass is 10.2. The predicted octanol–water partition coefficient (Wildman–Crippen LogP) is 3.26. The molecule has 0 saturated heterocycles. The summed E-state index contributed by atoms with van der Waals surface area (Å²) >= 11 is 0.978. The average Bonchev–Trinajstić information content (AvgIpc) is 2.47. The molecule has 1 N–H and O–H groups in total. The van der Waals surface area contributed by atoms with Crippen molar-refractivity contribution in [3.8, 4) is 0 Å². The lowest BCUT2D eigenvalue weighted by Crippen LogP contribution is -1.99. The Kier molecular flexibility index (Phi) is 4.34. The third-order valence-corrected chi connectivity index (χ3v) is 3.79. The third-order valence-electron chi connectivity index (χ3n) is 2.65. The molecule has 6 nitrogen and oxygen atoms in total. The van der Waals surface area contributed by atoms with Gasteiger partial charge in [0.2, 0.25) is 0 Å². The number of nitro benzene ring substituents is 1. The number of nitrogens with zero attached hydrogens (tertiary/aromatic N) is 1. The molecular formula is C14H9NO5S. The number of carboxylic acid groups (broad SMARTS) is 1. The van der Waals surface area contributed by atoms with E-state index in [1.165, 1.54) is 24.3 Å². The van der Waals surface area contributed by atoms with Crippen LogP contribution in [0.4, 0.5) is 5.69 Å². The van der Waals surface area contributed by atoms with Crippen LogP contribution in [-0.4, -0.2) is 22.3 Å². The molecule has 2 rings (SSSR count). The van der Waals surface area contributed by atoms with Crippen molar-refractivity contribution in [1.82, 2.24) is 0 Å². The Hall–Kier alpha value is -2.67. The standard InChI is InChI=1S/C14H9NO5S/c16-8-9-5-6-13(11(7-9)15(19)20)21-12-4-2-1-3-10(12)14(17)18/h1-8H,(H,17,18). The molecule has 0 aliphatic carbocycles. The molecule has 0 saturated carbocycles. The fourth-order valence-corrected chi connectivity index (χ4v) is 2.71. The maximum atomic E-state index is 11.1. The van der Waals surface area contributed by atoms with E-state index in [0.717, 1.165) is 11.8 Å². The molecule has 0 amide bonds. The van der Waals surface area contributed by atoms with Crippen LogP contribution in [0.2, 0.25) is 0 Å². The fourth-order valence-electron chi connectivity index (χ4n) is 1.69. The first-order valence-corrected chi connectivity index (χ1v) is 6.58. The van der Waals surface area contributed by atoms with Crippen LogP contribution in [0.5, 0.6) is 0 Å². The van der Waals surface area contributed by atoms with E-state index in [0.29, 0.717) is 11.2 Å². The molecule has 0 spiro atoms. The lowest BCUT2D eigenvalue weighted by Gasteiger charge is -2.06. The summed E-state index contributed by atoms with van der Waals surface area (Å²) in [6.45, 7) is 0. The summed E-state index contributed by atoms with van der Waals surface area (Å²) in [5.74, 6) is -1.11. The molecular weight excluding hydrogens is 294 g/mol. The average molecular weight is 303 g/mol. The summed E-state index contributed by atoms with van der Waals surface area (Å²) in [5.41, 5.74) is 0.0265. The Balaban J connectivity index is 2.47. The highest BCUT2D eigenvalue weighted by atomic mass is 32.2. The second-order valence-electron chi connectivity index (χ2n) is 4.01. The molecule has 21 heavy (non-hydrogen) atoms. The molecule has 2 aromatic rings. The normalized spacial score (nSPS) is 10.1. The monoisotopic (exact) mass is 303 g/mol. The Morgan fingerprint density at radius 3 is 2.52 bits per heavy atom. The number of carbonyl (C=O) groups excluding carboxylic acids is 1. The van der Waals surface area contributed by atoms with Gasteiger partial charge in [0, 0.05) is 16.5 Å². The second-order valence-corrected chi connectivity index (χ2v) is 5.09. The van der Waals surface area contributed by atoms with Gasteiger partial charge in [-0.1, -0.05) is 30.0 Å². The van der Waals surface area contributed by atoms with Crippen LogP contribution in [0.1, 0.15) is 20.7 Å². The van der Waals surface area contributed by atoms with Crippen molar-refractivity contribution < 1.29 is 19.6 Å². The second kappa shape index (κ2) is 6.19. The van der Waals surface area contributed by atoms with E-state index in [2.05, 4.69) is 0 Å². The van der Waals surface area contributed by atoms with Gasteiger partial charge in [-0.2, -0.15) is 0 Å². The van der Waals surface area contributed by atoms with Crippen LogP contribution in [0.15, 0.2) is 52.3 Å². The van der Waals surface area contributed by atoms with Crippen molar-refractivity contribution in [2.24, 2.45) is 0 Å². The van der Waals surface area contributed by atoms with Gasteiger partial charge in [0.05, 0.1) is 15.4 Å². The minimum Gasteiger partial charge on any atom is -0.478 e. The van der Waals surface area contributed by atoms with Crippen LogP contribution in [0, 0.1) is 10.1 Å². The van der Waals surface area contributed by atoms with Crippen LogP contribution in [0.3, 0.4) is 0 Å². The Morgan fingerprint density at radius 1 is 1.19 bits per heavy atom. The number of carboxylic acids is 1. The zero-order valence-electron chi connectivity index (χ0n) is 10.6. The first-order valence-electron chi connectivity index (χ1n) is 5.76.